The maximum atomic E-state index is 12.8. The Labute approximate surface area is 245 Å². The second-order valence-electron chi connectivity index (χ2n) is 10.1. The fraction of sp³-hybridized carbons (Fsp3) is 0.531. The second-order valence-corrected chi connectivity index (χ2v) is 11.0. The Morgan fingerprint density at radius 3 is 2.26 bits per heavy atom. The van der Waals surface area contributed by atoms with Crippen LogP contribution in [0.15, 0.2) is 60.1 Å². The predicted molar refractivity (Wildman–Crippen MR) is 169 cm³/mol. The molecule has 0 bridgehead atoms. The summed E-state index contributed by atoms with van der Waals surface area (Å²) in [4.78, 5) is 15.0. The van der Waals surface area contributed by atoms with Crippen LogP contribution in [0.2, 0.25) is 0 Å². The molecule has 1 heterocycles. The van der Waals surface area contributed by atoms with Gasteiger partial charge in [-0.2, -0.15) is 0 Å². The second kappa shape index (κ2) is 20.0. The number of para-hydroxylation sites is 1. The van der Waals surface area contributed by atoms with E-state index in [1.165, 1.54) is 70.6 Å². The molecule has 3 rings (SSSR count). The molecule has 1 N–H and O–H groups in total. The normalized spacial score (nSPS) is 12.4. The van der Waals surface area contributed by atoms with Gasteiger partial charge in [0.05, 0.1) is 18.9 Å². The molecule has 6 heteroatoms. The first-order valence-corrected chi connectivity index (χ1v) is 15.4. The maximum absolute atomic E-state index is 12.8. The van der Waals surface area contributed by atoms with E-state index in [1.54, 1.807) is 11.8 Å². The third kappa shape index (κ3) is 13.2. The minimum atomic E-state index is -0.00287. The highest BCUT2D eigenvalue weighted by molar-refractivity contribution is 8.93. The molecule has 2 aromatic carbocycles. The maximum Gasteiger partial charge on any atom is 0.228 e. The van der Waals surface area contributed by atoms with Crippen molar-refractivity contribution in [2.45, 2.75) is 96.9 Å². The topological polar surface area (TPSA) is 41.6 Å². The largest absolute Gasteiger partial charge is 0.494 e. The van der Waals surface area contributed by atoms with Crippen LogP contribution in [0.5, 0.6) is 5.75 Å². The third-order valence-corrected chi connectivity index (χ3v) is 7.60. The average Bonchev–Trinajstić information content (AvgIpc) is 3.41. The molecular formula is C32H47BrN2O2S. The molecule has 0 fully saturated rings. The SMILES string of the molecule is Br.CCCCCCCCCCCCCCOc1cccc(CC(=O)Nc2ccccc2CN2C=CSC2)c1. The van der Waals surface area contributed by atoms with Crippen LogP contribution in [0.3, 0.4) is 0 Å². The van der Waals surface area contributed by atoms with Crippen molar-refractivity contribution < 1.29 is 9.53 Å². The Bertz CT molecular complexity index is 953. The minimum absolute atomic E-state index is 0. The van der Waals surface area contributed by atoms with Gasteiger partial charge in [-0.3, -0.25) is 4.79 Å². The number of carbonyl (C=O) groups excluding carboxylic acids is 1. The molecule has 0 atom stereocenters. The highest BCUT2D eigenvalue weighted by atomic mass is 79.9. The summed E-state index contributed by atoms with van der Waals surface area (Å²) in [6.07, 6.45) is 18.5. The molecule has 0 spiro atoms. The predicted octanol–water partition coefficient (Wildman–Crippen LogP) is 9.50. The minimum Gasteiger partial charge on any atom is -0.494 e. The van der Waals surface area contributed by atoms with E-state index in [1.807, 2.05) is 42.5 Å². The molecule has 0 saturated carbocycles. The summed E-state index contributed by atoms with van der Waals surface area (Å²) in [5.74, 6) is 1.80. The lowest BCUT2D eigenvalue weighted by molar-refractivity contribution is -0.115. The van der Waals surface area contributed by atoms with Crippen LogP contribution in [-0.4, -0.2) is 23.3 Å². The number of benzene rings is 2. The van der Waals surface area contributed by atoms with Crippen LogP contribution in [0.25, 0.3) is 0 Å². The number of rotatable bonds is 19. The van der Waals surface area contributed by atoms with Gasteiger partial charge in [0.1, 0.15) is 5.75 Å². The zero-order valence-corrected chi connectivity index (χ0v) is 25.7. The number of amides is 1. The van der Waals surface area contributed by atoms with Crippen molar-refractivity contribution in [1.82, 2.24) is 4.90 Å². The number of nitrogens with zero attached hydrogens (tertiary/aromatic N) is 1. The Balaban J connectivity index is 0.00000507. The Morgan fingerprint density at radius 2 is 1.58 bits per heavy atom. The molecule has 0 saturated heterocycles. The van der Waals surface area contributed by atoms with Crippen LogP contribution in [0, 0.1) is 0 Å². The highest BCUT2D eigenvalue weighted by Crippen LogP contribution is 2.23. The summed E-state index contributed by atoms with van der Waals surface area (Å²) in [5, 5.41) is 5.22. The molecule has 38 heavy (non-hydrogen) atoms. The Kier molecular flexibility index (Phi) is 17.0. The van der Waals surface area contributed by atoms with Gasteiger partial charge in [0.2, 0.25) is 5.91 Å². The van der Waals surface area contributed by atoms with E-state index < -0.39 is 0 Å². The van der Waals surface area contributed by atoms with Gasteiger partial charge in [0, 0.05) is 18.4 Å². The number of thioether (sulfide) groups is 1. The van der Waals surface area contributed by atoms with E-state index >= 15 is 0 Å². The lowest BCUT2D eigenvalue weighted by Gasteiger charge is -2.18. The first-order valence-electron chi connectivity index (χ1n) is 14.4. The summed E-state index contributed by atoms with van der Waals surface area (Å²) >= 11 is 1.79. The molecule has 0 aliphatic carbocycles. The van der Waals surface area contributed by atoms with Crippen molar-refractivity contribution in [3.05, 3.63) is 71.3 Å². The summed E-state index contributed by atoms with van der Waals surface area (Å²) < 4.78 is 5.99. The summed E-state index contributed by atoms with van der Waals surface area (Å²) in [6, 6.07) is 16.0. The molecule has 0 unspecified atom stereocenters. The van der Waals surface area contributed by atoms with Crippen molar-refractivity contribution in [2.24, 2.45) is 0 Å². The zero-order valence-electron chi connectivity index (χ0n) is 23.2. The smallest absolute Gasteiger partial charge is 0.228 e. The fourth-order valence-electron chi connectivity index (χ4n) is 4.67. The van der Waals surface area contributed by atoms with Crippen molar-refractivity contribution in [2.75, 3.05) is 17.8 Å². The number of halogens is 1. The molecule has 1 amide bonds. The molecule has 1 aliphatic rings. The first-order chi connectivity index (χ1) is 18.2. The van der Waals surface area contributed by atoms with Gasteiger partial charge in [-0.05, 0) is 41.2 Å². The van der Waals surface area contributed by atoms with E-state index in [4.69, 9.17) is 4.74 Å². The number of carbonyl (C=O) groups is 1. The summed E-state index contributed by atoms with van der Waals surface area (Å²) in [5.41, 5.74) is 2.99. The number of nitrogens with one attached hydrogen (secondary N) is 1. The molecule has 0 radical (unpaired) electrons. The lowest BCUT2D eigenvalue weighted by atomic mass is 10.1. The molecule has 1 aliphatic heterocycles. The molecule has 4 nitrogen and oxygen atoms in total. The fourth-order valence-corrected chi connectivity index (χ4v) is 5.38. The summed E-state index contributed by atoms with van der Waals surface area (Å²) in [6.45, 7) is 3.81. The number of anilines is 1. The van der Waals surface area contributed by atoms with E-state index in [0.29, 0.717) is 6.42 Å². The Hall–Kier alpha value is -1.92. The standard InChI is InChI=1S/C32H46N2O2S.BrH/c1-2-3-4-5-6-7-8-9-10-11-12-15-22-36-30-19-16-17-28(24-30)25-32(35)33-31-20-14-13-18-29(31)26-34-21-23-37-27-34;/h13-14,16-21,23-24H,2-12,15,22,25-27H2,1H3,(H,33,35);1H. The van der Waals surface area contributed by atoms with Crippen LogP contribution in [-0.2, 0) is 17.8 Å². The zero-order chi connectivity index (χ0) is 26.0. The van der Waals surface area contributed by atoms with Gasteiger partial charge in [-0.1, -0.05) is 108 Å². The quantitative estimate of drug-likeness (QED) is 0.162. The van der Waals surface area contributed by atoms with E-state index in [2.05, 4.69) is 34.8 Å². The monoisotopic (exact) mass is 602 g/mol. The molecule has 210 valence electrons. The van der Waals surface area contributed by atoms with Crippen LogP contribution in [0.4, 0.5) is 5.69 Å². The van der Waals surface area contributed by atoms with Gasteiger partial charge in [0.15, 0.2) is 0 Å². The van der Waals surface area contributed by atoms with Crippen molar-refractivity contribution in [1.29, 1.82) is 0 Å². The molecule has 0 aromatic heterocycles. The number of unbranched alkanes of at least 4 members (excludes halogenated alkanes) is 11. The first kappa shape index (κ1) is 32.3. The number of hydrogen-bond donors (Lipinski definition) is 1. The lowest BCUT2D eigenvalue weighted by Crippen LogP contribution is -2.18. The van der Waals surface area contributed by atoms with Crippen LogP contribution >= 0.6 is 28.7 Å². The number of hydrogen-bond acceptors (Lipinski definition) is 4. The van der Waals surface area contributed by atoms with E-state index in [9.17, 15) is 4.79 Å². The van der Waals surface area contributed by atoms with Gasteiger partial charge < -0.3 is 15.0 Å². The summed E-state index contributed by atoms with van der Waals surface area (Å²) in [7, 11) is 0. The van der Waals surface area contributed by atoms with Crippen molar-refractivity contribution in [3.8, 4) is 5.75 Å². The number of ether oxygens (including phenoxy) is 1. The van der Waals surface area contributed by atoms with Crippen molar-refractivity contribution >= 4 is 40.3 Å². The Morgan fingerprint density at radius 1 is 0.895 bits per heavy atom. The molecular weight excluding hydrogens is 556 g/mol. The highest BCUT2D eigenvalue weighted by Gasteiger charge is 2.12. The van der Waals surface area contributed by atoms with Gasteiger partial charge in [0.25, 0.3) is 0 Å². The average molecular weight is 604 g/mol. The van der Waals surface area contributed by atoms with Crippen LogP contribution in [0.1, 0.15) is 95.1 Å². The molecule has 2 aromatic rings. The van der Waals surface area contributed by atoms with E-state index in [0.717, 1.165) is 48.0 Å². The van der Waals surface area contributed by atoms with Gasteiger partial charge in [-0.15, -0.1) is 28.7 Å². The third-order valence-electron chi connectivity index (χ3n) is 6.80. The van der Waals surface area contributed by atoms with E-state index in [-0.39, 0.29) is 22.9 Å². The van der Waals surface area contributed by atoms with Crippen LogP contribution < -0.4 is 10.1 Å². The van der Waals surface area contributed by atoms with Gasteiger partial charge >= 0.3 is 0 Å². The van der Waals surface area contributed by atoms with Crippen molar-refractivity contribution in [3.63, 3.8) is 0 Å². The van der Waals surface area contributed by atoms with Gasteiger partial charge in [-0.25, -0.2) is 0 Å².